The third-order valence-electron chi connectivity index (χ3n) is 0.0527. The lowest BCUT2D eigenvalue weighted by Gasteiger charge is -1.36. The minimum atomic E-state index is 1.87. The summed E-state index contributed by atoms with van der Waals surface area (Å²) in [5.74, 6) is 0. The van der Waals surface area contributed by atoms with E-state index in [1.54, 1.807) is 0 Å². The molecule has 0 aliphatic heterocycles. The zero-order valence-corrected chi connectivity index (χ0v) is 2.75. The fourth-order valence-electron chi connectivity index (χ4n) is 0. The highest BCUT2D eigenvalue weighted by Crippen LogP contribution is 1.40. The van der Waals surface area contributed by atoms with Crippen LogP contribution in [-0.4, -0.2) is 0 Å². The van der Waals surface area contributed by atoms with Gasteiger partial charge in [-0.3, -0.25) is 0 Å². The Labute approximate surface area is 30.2 Å². The summed E-state index contributed by atoms with van der Waals surface area (Å²) in [7, 11) is 0. The molecule has 0 atom stereocenters. The van der Waals surface area contributed by atoms with Gasteiger partial charge in [-0.2, -0.15) is 0 Å². The van der Waals surface area contributed by atoms with Crippen molar-refractivity contribution in [1.82, 2.24) is 0 Å². The van der Waals surface area contributed by atoms with Gasteiger partial charge in [0.15, 0.2) is 0 Å². The number of nitrogens with zero attached hydrogens (tertiary/aromatic N) is 1. The molecule has 0 aliphatic carbocycles. The van der Waals surface area contributed by atoms with Crippen molar-refractivity contribution in [3.05, 3.63) is 0 Å². The van der Waals surface area contributed by atoms with Crippen molar-refractivity contribution in [3.63, 3.8) is 0 Å². The van der Waals surface area contributed by atoms with Gasteiger partial charge in [0.2, 0.25) is 0 Å². The van der Waals surface area contributed by atoms with Crippen LogP contribution in [0.3, 0.4) is 0 Å². The second-order valence-corrected chi connectivity index (χ2v) is 0.403. The van der Waals surface area contributed by atoms with Crippen molar-refractivity contribution in [2.24, 2.45) is 4.36 Å². The van der Waals surface area contributed by atoms with E-state index in [9.17, 15) is 0 Å². The van der Waals surface area contributed by atoms with Gasteiger partial charge in [0.25, 0.3) is 0 Å². The van der Waals surface area contributed by atoms with Crippen LogP contribution in [0.1, 0.15) is 0 Å². The van der Waals surface area contributed by atoms with Crippen LogP contribution in [0.15, 0.2) is 4.36 Å². The minimum absolute atomic E-state index is 1.87. The Hall–Kier alpha value is -0.420. The zero-order chi connectivity index (χ0) is 3.41. The van der Waals surface area contributed by atoms with Crippen LogP contribution < -0.4 is 0 Å². The van der Waals surface area contributed by atoms with E-state index in [4.69, 9.17) is 0 Å². The lowest BCUT2D eigenvalue weighted by molar-refractivity contribution is 1.82. The molecule has 0 saturated heterocycles. The quantitative estimate of drug-likeness (QED) is 0.374. The first-order valence-corrected chi connectivity index (χ1v) is 1.06. The second-order valence-electron chi connectivity index (χ2n) is 0.220. The molecule has 0 fully saturated rings. The van der Waals surface area contributed by atoms with Gasteiger partial charge in [-0.25, -0.2) is 0 Å². The van der Waals surface area contributed by atoms with E-state index in [2.05, 4.69) is 23.2 Å². The Morgan fingerprint density at radius 2 is 2.25 bits per heavy atom. The summed E-state index contributed by atoms with van der Waals surface area (Å²) in [5, 5.41) is 0. The predicted octanol–water partition coefficient (Wildman–Crippen LogP) is 0.308. The smallest absolute Gasteiger partial charge is 0.0519 e. The van der Waals surface area contributed by atoms with Crippen molar-refractivity contribution in [2.75, 3.05) is 0 Å². The van der Waals surface area contributed by atoms with E-state index in [1.807, 2.05) is 6.04 Å². The van der Waals surface area contributed by atoms with Gasteiger partial charge in [0.1, 0.15) is 0 Å². The summed E-state index contributed by atoms with van der Waals surface area (Å²) < 4.78 is 2.85. The summed E-state index contributed by atoms with van der Waals surface area (Å²) in [5.41, 5.74) is 0. The molecule has 20 valence electrons. The first kappa shape index (κ1) is 3.58. The van der Waals surface area contributed by atoms with Crippen LogP contribution in [0, 0.1) is 12.5 Å². The summed E-state index contributed by atoms with van der Waals surface area (Å²) in [6.07, 6.45) is 4.51. The molecular formula is C2HNS. The highest BCUT2D eigenvalue weighted by molar-refractivity contribution is 7.47. The number of hydrogen-bond acceptors (Lipinski definition) is 2. The Bertz CT molecular complexity index is 51.5. The predicted molar refractivity (Wildman–Crippen MR) is 18.6 cm³/mol. The third-order valence-corrected chi connectivity index (χ3v) is 0.158. The molecule has 0 unspecified atom stereocenters. The second kappa shape index (κ2) is 2.58. The van der Waals surface area contributed by atoms with Crippen molar-refractivity contribution in [2.45, 2.75) is 0 Å². The van der Waals surface area contributed by atoms with Gasteiger partial charge in [-0.1, -0.05) is 6.42 Å². The first-order valence-electron chi connectivity index (χ1n) is 0.695. The molecule has 0 N–H and O–H groups in total. The maximum Gasteiger partial charge on any atom is 0.0519 e. The third kappa shape index (κ3) is 1.58. The summed E-state index contributed by atoms with van der Waals surface area (Å²) >= 11 is 3.94. The Morgan fingerprint density at radius 3 is 2.25 bits per heavy atom. The molecule has 0 aliphatic rings. The van der Waals surface area contributed by atoms with E-state index in [0.29, 0.717) is 0 Å². The Kier molecular flexibility index (Phi) is 2.31. The van der Waals surface area contributed by atoms with Crippen LogP contribution in [0.2, 0.25) is 0 Å². The van der Waals surface area contributed by atoms with Gasteiger partial charge >= 0.3 is 0 Å². The maximum atomic E-state index is 4.51. The van der Waals surface area contributed by atoms with Crippen LogP contribution in [-0.2, 0) is 12.4 Å². The van der Waals surface area contributed by atoms with Crippen molar-refractivity contribution >= 4 is 12.4 Å². The standard InChI is InChI=1S/C2HNS/c1-2-3-4/h1H. The molecule has 0 bridgehead atoms. The highest BCUT2D eigenvalue weighted by Gasteiger charge is 1.28. The van der Waals surface area contributed by atoms with Gasteiger partial charge in [-0.05, 0) is 0 Å². The van der Waals surface area contributed by atoms with E-state index in [1.165, 1.54) is 0 Å². The first-order chi connectivity index (χ1) is 1.91. The Balaban J connectivity index is 2.92. The average molecular weight is 71.1 g/mol. The van der Waals surface area contributed by atoms with E-state index in [0.717, 1.165) is 0 Å². The molecule has 0 rings (SSSR count). The lowest BCUT2D eigenvalue weighted by Crippen LogP contribution is -1.24. The maximum absolute atomic E-state index is 4.51. The molecule has 1 nitrogen and oxygen atoms in total. The SMILES string of the molecule is C#CN=S. The summed E-state index contributed by atoms with van der Waals surface area (Å²) in [6.45, 7) is 0. The van der Waals surface area contributed by atoms with Gasteiger partial charge in [-0.15, -0.1) is 4.36 Å². The molecule has 0 spiro atoms. The molecule has 0 aromatic heterocycles. The molecule has 0 saturated carbocycles. The van der Waals surface area contributed by atoms with Crippen molar-refractivity contribution in [1.29, 1.82) is 0 Å². The van der Waals surface area contributed by atoms with Crippen LogP contribution >= 0.6 is 0 Å². The molecule has 0 heterocycles. The van der Waals surface area contributed by atoms with E-state index >= 15 is 0 Å². The van der Waals surface area contributed by atoms with E-state index < -0.39 is 0 Å². The molecular weight excluding hydrogens is 70.1 g/mol. The number of hydrogen-bond donors (Lipinski definition) is 0. The number of terminal acetylenes is 1. The molecule has 2 heteroatoms. The molecule has 0 aromatic carbocycles. The van der Waals surface area contributed by atoms with Crippen molar-refractivity contribution < 1.29 is 0 Å². The normalized spacial score (nSPS) is 3.75. The van der Waals surface area contributed by atoms with Crippen LogP contribution in [0.5, 0.6) is 0 Å². The molecule has 0 amide bonds. The van der Waals surface area contributed by atoms with Gasteiger partial charge in [0, 0.05) is 6.04 Å². The molecule has 0 radical (unpaired) electrons. The van der Waals surface area contributed by atoms with Crippen LogP contribution in [0.4, 0.5) is 0 Å². The molecule has 0 aromatic rings. The van der Waals surface area contributed by atoms with Crippen LogP contribution in [0.25, 0.3) is 0 Å². The zero-order valence-electron chi connectivity index (χ0n) is 1.93. The molecule has 4 heavy (non-hydrogen) atoms. The van der Waals surface area contributed by atoms with E-state index in [-0.39, 0.29) is 0 Å². The monoisotopic (exact) mass is 71.0 g/mol. The van der Waals surface area contributed by atoms with Gasteiger partial charge in [0.05, 0.1) is 12.4 Å². The fourth-order valence-corrected chi connectivity index (χ4v) is 0. The fraction of sp³-hybridized carbons (Fsp3) is 0. The topological polar surface area (TPSA) is 12.4 Å². The summed E-state index contributed by atoms with van der Waals surface area (Å²) in [6, 6.07) is 1.87. The average Bonchev–Trinajstić information content (AvgIpc) is 1.37. The lowest BCUT2D eigenvalue weighted by atomic mass is 11.2. The Morgan fingerprint density at radius 1 is 2.00 bits per heavy atom. The largest absolute Gasteiger partial charge is 0.129 e. The highest BCUT2D eigenvalue weighted by atomic mass is 32.1. The van der Waals surface area contributed by atoms with Gasteiger partial charge < -0.3 is 0 Å². The number of rotatable bonds is 0. The van der Waals surface area contributed by atoms with Crippen molar-refractivity contribution in [3.8, 4) is 12.5 Å². The summed E-state index contributed by atoms with van der Waals surface area (Å²) in [4.78, 5) is 0. The minimum Gasteiger partial charge on any atom is -0.129 e.